The predicted molar refractivity (Wildman–Crippen MR) is 101 cm³/mol. The molecule has 3 N–H and O–H groups in total. The average molecular weight is 369 g/mol. The molecule has 0 unspecified atom stereocenters. The molecule has 0 saturated heterocycles. The first-order valence-corrected chi connectivity index (χ1v) is 8.73. The Hall–Kier alpha value is -3.15. The Morgan fingerprint density at radius 2 is 1.52 bits per heavy atom. The molecule has 0 spiro atoms. The second-order valence-electron chi connectivity index (χ2n) is 6.58. The second-order valence-corrected chi connectivity index (χ2v) is 6.58. The van der Waals surface area contributed by atoms with E-state index >= 15 is 0 Å². The maximum Gasteiger partial charge on any atom is 0.312 e. The van der Waals surface area contributed by atoms with Gasteiger partial charge in [-0.15, -0.1) is 0 Å². The van der Waals surface area contributed by atoms with Gasteiger partial charge in [0.1, 0.15) is 6.42 Å². The normalized spacial score (nSPS) is 12.8. The quantitative estimate of drug-likeness (QED) is 0.590. The van der Waals surface area contributed by atoms with E-state index in [0.29, 0.717) is 6.42 Å². The van der Waals surface area contributed by atoms with Crippen LogP contribution in [-0.4, -0.2) is 34.1 Å². The Morgan fingerprint density at radius 1 is 0.926 bits per heavy atom. The molecule has 2 aromatic rings. The van der Waals surface area contributed by atoms with Crippen molar-refractivity contribution < 1.29 is 24.6 Å². The molecule has 0 aliphatic rings. The van der Waals surface area contributed by atoms with E-state index in [1.807, 2.05) is 54.6 Å². The largest absolute Gasteiger partial charge is 0.481 e. The van der Waals surface area contributed by atoms with E-state index in [0.717, 1.165) is 16.7 Å². The first-order chi connectivity index (χ1) is 12.8. The topological polar surface area (TPSA) is 104 Å². The Balaban J connectivity index is 2.09. The number of carboxylic acids is 2. The van der Waals surface area contributed by atoms with Gasteiger partial charge in [0.15, 0.2) is 0 Å². The highest BCUT2D eigenvalue weighted by atomic mass is 16.4. The molecule has 6 heteroatoms. The molecule has 0 saturated carbocycles. The number of hydrogen-bond donors (Lipinski definition) is 3. The van der Waals surface area contributed by atoms with E-state index < -0.39 is 36.2 Å². The van der Waals surface area contributed by atoms with E-state index in [2.05, 4.69) is 5.32 Å². The molecule has 0 heterocycles. The molecular formula is C21H23NO5. The van der Waals surface area contributed by atoms with Gasteiger partial charge in [-0.2, -0.15) is 0 Å². The molecule has 142 valence electrons. The highest BCUT2D eigenvalue weighted by Gasteiger charge is 2.21. The fraction of sp³-hybridized carbons (Fsp3) is 0.286. The molecule has 2 atom stereocenters. The number of carbonyl (C=O) groups excluding carboxylic acids is 1. The average Bonchev–Trinajstić information content (AvgIpc) is 2.62. The molecule has 2 rings (SSSR count). The van der Waals surface area contributed by atoms with Gasteiger partial charge in [-0.1, -0.05) is 61.5 Å². The van der Waals surface area contributed by atoms with Crippen LogP contribution in [0.15, 0.2) is 54.6 Å². The van der Waals surface area contributed by atoms with Gasteiger partial charge >= 0.3 is 11.9 Å². The van der Waals surface area contributed by atoms with Crippen LogP contribution >= 0.6 is 0 Å². The van der Waals surface area contributed by atoms with Gasteiger partial charge in [-0.05, 0) is 29.5 Å². The molecule has 0 radical (unpaired) electrons. The molecule has 27 heavy (non-hydrogen) atoms. The standard InChI is InChI=1S/C21H23NO5/c1-14(21(26)27)11-18(22-19(23)13-20(24)25)12-15-7-9-17(10-8-15)16-5-3-2-4-6-16/h2-10,14,18H,11-13H2,1H3,(H,22,23)(H,24,25)(H,26,27)/t14-,18+/m1/s1. The maximum absolute atomic E-state index is 11.8. The number of carboxylic acid groups (broad SMARTS) is 2. The Labute approximate surface area is 157 Å². The number of aliphatic carboxylic acids is 2. The molecule has 0 aliphatic heterocycles. The van der Waals surface area contributed by atoms with Gasteiger partial charge in [0, 0.05) is 6.04 Å². The summed E-state index contributed by atoms with van der Waals surface area (Å²) in [6.45, 7) is 1.57. The van der Waals surface area contributed by atoms with E-state index in [-0.39, 0.29) is 6.42 Å². The molecular weight excluding hydrogens is 346 g/mol. The van der Waals surface area contributed by atoms with Crippen LogP contribution in [-0.2, 0) is 20.8 Å². The summed E-state index contributed by atoms with van der Waals surface area (Å²) in [6.07, 6.45) is 0.0179. The van der Waals surface area contributed by atoms with Gasteiger partial charge in [-0.25, -0.2) is 0 Å². The van der Waals surface area contributed by atoms with Crippen LogP contribution in [0.1, 0.15) is 25.3 Å². The van der Waals surface area contributed by atoms with E-state index in [4.69, 9.17) is 10.2 Å². The molecule has 0 aromatic heterocycles. The third-order valence-electron chi connectivity index (χ3n) is 4.28. The van der Waals surface area contributed by atoms with Gasteiger partial charge in [-0.3, -0.25) is 14.4 Å². The van der Waals surface area contributed by atoms with Crippen LogP contribution in [0.25, 0.3) is 11.1 Å². The fourth-order valence-electron chi connectivity index (χ4n) is 2.89. The van der Waals surface area contributed by atoms with Crippen LogP contribution < -0.4 is 5.32 Å². The summed E-state index contributed by atoms with van der Waals surface area (Å²) >= 11 is 0. The van der Waals surface area contributed by atoms with Crippen molar-refractivity contribution in [3.63, 3.8) is 0 Å². The summed E-state index contributed by atoms with van der Waals surface area (Å²) in [7, 11) is 0. The number of amides is 1. The first kappa shape index (κ1) is 20.2. The lowest BCUT2D eigenvalue weighted by Crippen LogP contribution is -2.39. The molecule has 2 aromatic carbocycles. The fourth-order valence-corrected chi connectivity index (χ4v) is 2.89. The number of nitrogens with one attached hydrogen (secondary N) is 1. The molecule has 0 fully saturated rings. The third-order valence-corrected chi connectivity index (χ3v) is 4.28. The molecule has 0 bridgehead atoms. The van der Waals surface area contributed by atoms with E-state index in [1.54, 1.807) is 6.92 Å². The maximum atomic E-state index is 11.8. The molecule has 0 aliphatic carbocycles. The number of hydrogen-bond acceptors (Lipinski definition) is 3. The summed E-state index contributed by atoms with van der Waals surface area (Å²) in [5.41, 5.74) is 3.09. The Kier molecular flexibility index (Phi) is 7.11. The van der Waals surface area contributed by atoms with Crippen molar-refractivity contribution in [3.05, 3.63) is 60.2 Å². The zero-order chi connectivity index (χ0) is 19.8. The monoisotopic (exact) mass is 369 g/mol. The minimum absolute atomic E-state index is 0.223. The van der Waals surface area contributed by atoms with Crippen LogP contribution in [0.4, 0.5) is 0 Å². The Bertz CT molecular complexity index is 786. The van der Waals surface area contributed by atoms with Crippen molar-refractivity contribution in [3.8, 4) is 11.1 Å². The van der Waals surface area contributed by atoms with Crippen LogP contribution in [0.5, 0.6) is 0 Å². The Morgan fingerprint density at radius 3 is 2.07 bits per heavy atom. The molecule has 1 amide bonds. The molecule has 6 nitrogen and oxygen atoms in total. The summed E-state index contributed by atoms with van der Waals surface area (Å²) in [5, 5.41) is 20.5. The predicted octanol–water partition coefficient (Wildman–Crippen LogP) is 2.97. The number of rotatable bonds is 9. The van der Waals surface area contributed by atoms with Crippen molar-refractivity contribution in [1.29, 1.82) is 0 Å². The van der Waals surface area contributed by atoms with Gasteiger partial charge in [0.2, 0.25) is 5.91 Å². The van der Waals surface area contributed by atoms with Crippen molar-refractivity contribution in [1.82, 2.24) is 5.32 Å². The van der Waals surface area contributed by atoms with Crippen molar-refractivity contribution in [2.75, 3.05) is 0 Å². The van der Waals surface area contributed by atoms with E-state index in [9.17, 15) is 14.4 Å². The van der Waals surface area contributed by atoms with Crippen LogP contribution in [0.2, 0.25) is 0 Å². The highest BCUT2D eigenvalue weighted by Crippen LogP contribution is 2.20. The minimum atomic E-state index is -1.22. The van der Waals surface area contributed by atoms with Crippen LogP contribution in [0.3, 0.4) is 0 Å². The highest BCUT2D eigenvalue weighted by molar-refractivity contribution is 5.93. The number of carbonyl (C=O) groups is 3. The lowest BCUT2D eigenvalue weighted by Gasteiger charge is -2.21. The summed E-state index contributed by atoms with van der Waals surface area (Å²) < 4.78 is 0. The minimum Gasteiger partial charge on any atom is -0.481 e. The van der Waals surface area contributed by atoms with Crippen molar-refractivity contribution in [2.45, 2.75) is 32.2 Å². The van der Waals surface area contributed by atoms with E-state index in [1.165, 1.54) is 0 Å². The van der Waals surface area contributed by atoms with Gasteiger partial charge in [0.05, 0.1) is 5.92 Å². The summed E-state index contributed by atoms with van der Waals surface area (Å²) in [4.78, 5) is 33.6. The van der Waals surface area contributed by atoms with Gasteiger partial charge < -0.3 is 15.5 Å². The summed E-state index contributed by atoms with van der Waals surface area (Å²) in [6, 6.07) is 17.3. The van der Waals surface area contributed by atoms with Crippen molar-refractivity contribution in [2.24, 2.45) is 5.92 Å². The SMILES string of the molecule is C[C@H](C[C@@H](Cc1ccc(-c2ccccc2)cc1)NC(=O)CC(=O)O)C(=O)O. The lowest BCUT2D eigenvalue weighted by atomic mass is 9.95. The second kappa shape index (κ2) is 9.52. The van der Waals surface area contributed by atoms with Gasteiger partial charge in [0.25, 0.3) is 0 Å². The number of benzene rings is 2. The third kappa shape index (κ3) is 6.58. The van der Waals surface area contributed by atoms with Crippen LogP contribution in [0, 0.1) is 5.92 Å². The zero-order valence-electron chi connectivity index (χ0n) is 15.1. The lowest BCUT2D eigenvalue weighted by molar-refractivity contribution is -0.143. The smallest absolute Gasteiger partial charge is 0.312 e. The zero-order valence-corrected chi connectivity index (χ0v) is 15.1. The first-order valence-electron chi connectivity index (χ1n) is 8.73. The summed E-state index contributed by atoms with van der Waals surface area (Å²) in [5.74, 6) is -3.44. The van der Waals surface area contributed by atoms with Crippen molar-refractivity contribution >= 4 is 17.8 Å².